The van der Waals surface area contributed by atoms with Gasteiger partial charge >= 0.3 is 0 Å². The Kier molecular flexibility index (Phi) is 5.32. The molecule has 3 atom stereocenters. The molecule has 0 aromatic rings. The highest BCUT2D eigenvalue weighted by molar-refractivity contribution is 5.82. The Balaban J connectivity index is 2.27. The number of methoxy groups -OCH3 is 1. The third-order valence-electron chi connectivity index (χ3n) is 2.91. The fourth-order valence-electron chi connectivity index (χ4n) is 1.73. The zero-order chi connectivity index (χ0) is 12.9. The van der Waals surface area contributed by atoms with E-state index in [4.69, 9.17) is 4.74 Å². The maximum Gasteiger partial charge on any atom is 0.237 e. The van der Waals surface area contributed by atoms with E-state index in [2.05, 4.69) is 10.6 Å². The summed E-state index contributed by atoms with van der Waals surface area (Å²) < 4.78 is 4.88. The first-order valence-electron chi connectivity index (χ1n) is 5.85. The van der Waals surface area contributed by atoms with Gasteiger partial charge in [-0.15, -0.1) is 0 Å². The van der Waals surface area contributed by atoms with Crippen LogP contribution in [-0.2, 0) is 9.53 Å². The summed E-state index contributed by atoms with van der Waals surface area (Å²) in [5, 5.41) is 24.8. The van der Waals surface area contributed by atoms with Gasteiger partial charge in [-0.05, 0) is 13.3 Å². The lowest BCUT2D eigenvalue weighted by Crippen LogP contribution is -2.47. The topological polar surface area (TPSA) is 90.8 Å². The first-order valence-corrected chi connectivity index (χ1v) is 5.85. The molecule has 1 aliphatic rings. The number of carbonyl (C=O) groups is 1. The minimum Gasteiger partial charge on any atom is -0.392 e. The molecule has 0 spiro atoms. The summed E-state index contributed by atoms with van der Waals surface area (Å²) in [6, 6.07) is -0.358. The largest absolute Gasteiger partial charge is 0.392 e. The van der Waals surface area contributed by atoms with Crippen LogP contribution in [0, 0.1) is 0 Å². The summed E-state index contributed by atoms with van der Waals surface area (Å²) in [4.78, 5) is 11.7. The number of ether oxygens (including phenoxy) is 1. The molecule has 6 heteroatoms. The van der Waals surface area contributed by atoms with Crippen molar-refractivity contribution in [2.45, 2.75) is 37.5 Å². The third-order valence-corrected chi connectivity index (χ3v) is 2.91. The molecule has 0 aliphatic carbocycles. The average molecular weight is 246 g/mol. The third kappa shape index (κ3) is 4.99. The molecule has 0 saturated carbocycles. The quantitative estimate of drug-likeness (QED) is 0.463. The molecule has 1 saturated heterocycles. The second kappa shape index (κ2) is 6.30. The van der Waals surface area contributed by atoms with Gasteiger partial charge in [-0.2, -0.15) is 0 Å². The van der Waals surface area contributed by atoms with Crippen LogP contribution < -0.4 is 10.6 Å². The lowest BCUT2D eigenvalue weighted by atomic mass is 10.0. The van der Waals surface area contributed by atoms with Crippen LogP contribution in [0.3, 0.4) is 0 Å². The summed E-state index contributed by atoms with van der Waals surface area (Å²) in [5.41, 5.74) is -0.969. The Labute approximate surface area is 101 Å². The second-order valence-electron chi connectivity index (χ2n) is 4.81. The van der Waals surface area contributed by atoms with Crippen LogP contribution in [-0.4, -0.2) is 60.7 Å². The summed E-state index contributed by atoms with van der Waals surface area (Å²) in [5.74, 6) is -0.181. The summed E-state index contributed by atoms with van der Waals surface area (Å²) in [6.07, 6.45) is 0.427. The molecule has 4 N–H and O–H groups in total. The molecule has 100 valence electrons. The summed E-state index contributed by atoms with van der Waals surface area (Å²) in [7, 11) is 1.57. The number of rotatable bonds is 6. The van der Waals surface area contributed by atoms with Crippen molar-refractivity contribution in [1.29, 1.82) is 0 Å². The van der Waals surface area contributed by atoms with Crippen molar-refractivity contribution in [3.63, 3.8) is 0 Å². The van der Waals surface area contributed by atoms with Gasteiger partial charge in [0.1, 0.15) is 0 Å². The number of aliphatic hydroxyl groups is 2. The van der Waals surface area contributed by atoms with E-state index >= 15 is 0 Å². The summed E-state index contributed by atoms with van der Waals surface area (Å²) >= 11 is 0. The van der Waals surface area contributed by atoms with E-state index in [0.717, 1.165) is 0 Å². The number of nitrogens with one attached hydrogen (secondary N) is 2. The highest BCUT2D eigenvalue weighted by Crippen LogP contribution is 2.09. The van der Waals surface area contributed by atoms with Crippen molar-refractivity contribution in [3.8, 4) is 0 Å². The highest BCUT2D eigenvalue weighted by Gasteiger charge is 2.29. The van der Waals surface area contributed by atoms with Gasteiger partial charge in [0, 0.05) is 33.2 Å². The molecule has 0 aromatic carbocycles. The molecule has 1 aliphatic heterocycles. The standard InChI is InChI=1S/C11H22N2O4/c1-11(16,3-4-17-2)7-13-10(15)9-5-8(14)6-12-9/h8-9,12,14,16H,3-7H2,1-2H3,(H,13,15). The van der Waals surface area contributed by atoms with Crippen LogP contribution in [0.4, 0.5) is 0 Å². The predicted octanol–water partition coefficient (Wildman–Crippen LogP) is -1.39. The molecule has 1 heterocycles. The number of aliphatic hydroxyl groups excluding tert-OH is 1. The number of β-amino-alcohol motifs (C(OH)–C–C–N with tert-alkyl or cyclic N) is 1. The number of hydrogen-bond donors (Lipinski definition) is 4. The number of hydrogen-bond acceptors (Lipinski definition) is 5. The minimum atomic E-state index is -0.969. The Hall–Kier alpha value is -0.690. The van der Waals surface area contributed by atoms with Crippen LogP contribution in [0.2, 0.25) is 0 Å². The van der Waals surface area contributed by atoms with Gasteiger partial charge in [-0.25, -0.2) is 0 Å². The number of carbonyl (C=O) groups excluding carboxylic acids is 1. The smallest absolute Gasteiger partial charge is 0.237 e. The highest BCUT2D eigenvalue weighted by atomic mass is 16.5. The van der Waals surface area contributed by atoms with E-state index in [1.807, 2.05) is 0 Å². The first kappa shape index (κ1) is 14.4. The van der Waals surface area contributed by atoms with Gasteiger partial charge < -0.3 is 25.6 Å². The van der Waals surface area contributed by atoms with Crippen LogP contribution in [0.5, 0.6) is 0 Å². The van der Waals surface area contributed by atoms with Gasteiger partial charge in [0.25, 0.3) is 0 Å². The molecule has 3 unspecified atom stereocenters. The number of amides is 1. The maximum atomic E-state index is 11.7. The molecular weight excluding hydrogens is 224 g/mol. The molecule has 1 fully saturated rings. The predicted molar refractivity (Wildman–Crippen MR) is 62.5 cm³/mol. The van der Waals surface area contributed by atoms with E-state index in [-0.39, 0.29) is 18.5 Å². The molecule has 0 aromatic heterocycles. The van der Waals surface area contributed by atoms with Crippen molar-refractivity contribution in [2.75, 3.05) is 26.8 Å². The van der Waals surface area contributed by atoms with Gasteiger partial charge in [-0.1, -0.05) is 0 Å². The zero-order valence-corrected chi connectivity index (χ0v) is 10.4. The SMILES string of the molecule is COCCC(C)(O)CNC(=O)C1CC(O)CN1. The van der Waals surface area contributed by atoms with Crippen molar-refractivity contribution in [1.82, 2.24) is 10.6 Å². The van der Waals surface area contributed by atoms with E-state index < -0.39 is 11.7 Å². The van der Waals surface area contributed by atoms with E-state index in [9.17, 15) is 15.0 Å². The Bertz CT molecular complexity index is 258. The van der Waals surface area contributed by atoms with Gasteiger partial charge in [0.15, 0.2) is 0 Å². The molecule has 0 bridgehead atoms. The van der Waals surface area contributed by atoms with Crippen molar-refractivity contribution in [3.05, 3.63) is 0 Å². The van der Waals surface area contributed by atoms with Gasteiger partial charge in [-0.3, -0.25) is 4.79 Å². The van der Waals surface area contributed by atoms with E-state index in [0.29, 0.717) is 26.0 Å². The van der Waals surface area contributed by atoms with Crippen LogP contribution in [0.25, 0.3) is 0 Å². The average Bonchev–Trinajstić information content (AvgIpc) is 2.70. The van der Waals surface area contributed by atoms with Crippen molar-refractivity contribution < 1.29 is 19.7 Å². The van der Waals surface area contributed by atoms with E-state index in [1.165, 1.54) is 0 Å². The lowest BCUT2D eigenvalue weighted by Gasteiger charge is -2.24. The molecule has 1 rings (SSSR count). The molecule has 1 amide bonds. The van der Waals surface area contributed by atoms with Crippen molar-refractivity contribution >= 4 is 5.91 Å². The first-order chi connectivity index (χ1) is 7.94. The van der Waals surface area contributed by atoms with Crippen LogP contribution in [0.1, 0.15) is 19.8 Å². The Morgan fingerprint density at radius 1 is 1.65 bits per heavy atom. The molecular formula is C11H22N2O4. The molecule has 17 heavy (non-hydrogen) atoms. The van der Waals surface area contributed by atoms with Gasteiger partial charge in [0.05, 0.1) is 17.7 Å². The fourth-order valence-corrected chi connectivity index (χ4v) is 1.73. The summed E-state index contributed by atoms with van der Waals surface area (Å²) in [6.45, 7) is 2.73. The normalized spacial score (nSPS) is 27.8. The Morgan fingerprint density at radius 3 is 2.88 bits per heavy atom. The van der Waals surface area contributed by atoms with Gasteiger partial charge in [0.2, 0.25) is 5.91 Å². The second-order valence-corrected chi connectivity index (χ2v) is 4.81. The zero-order valence-electron chi connectivity index (χ0n) is 10.4. The lowest BCUT2D eigenvalue weighted by molar-refractivity contribution is -0.124. The fraction of sp³-hybridized carbons (Fsp3) is 0.909. The Morgan fingerprint density at radius 2 is 2.35 bits per heavy atom. The van der Waals surface area contributed by atoms with Crippen LogP contribution >= 0.6 is 0 Å². The minimum absolute atomic E-state index is 0.181. The van der Waals surface area contributed by atoms with E-state index in [1.54, 1.807) is 14.0 Å². The monoisotopic (exact) mass is 246 g/mol. The molecule has 0 radical (unpaired) electrons. The van der Waals surface area contributed by atoms with Crippen molar-refractivity contribution in [2.24, 2.45) is 0 Å². The van der Waals surface area contributed by atoms with Crippen LogP contribution in [0.15, 0.2) is 0 Å². The molecule has 6 nitrogen and oxygen atoms in total. The maximum absolute atomic E-state index is 11.7.